The van der Waals surface area contributed by atoms with Crippen LogP contribution in [-0.2, 0) is 10.2 Å². The molecule has 0 radical (unpaired) electrons. The average Bonchev–Trinajstić information content (AvgIpc) is 2.65. The molecule has 0 aliphatic heterocycles. The molecule has 1 unspecified atom stereocenters. The molecule has 146 valence electrons. The van der Waals surface area contributed by atoms with Gasteiger partial charge in [-0.15, -0.1) is 0 Å². The number of ether oxygens (including phenoxy) is 1. The fourth-order valence-corrected chi connectivity index (χ4v) is 3.71. The zero-order valence-electron chi connectivity index (χ0n) is 17.0. The maximum Gasteiger partial charge on any atom is 0.234 e. The minimum absolute atomic E-state index is 0.371. The second-order valence-electron chi connectivity index (χ2n) is 7.39. The topological polar surface area (TPSA) is 68.5 Å². The van der Waals surface area contributed by atoms with Gasteiger partial charge in [-0.1, -0.05) is 18.2 Å². The number of hydrogen-bond donors (Lipinski definition) is 1. The molecular formula is C22H31N3O2. The van der Waals surface area contributed by atoms with Gasteiger partial charge in [-0.2, -0.15) is 0 Å². The number of benzene rings is 1. The maximum absolute atomic E-state index is 12.9. The summed E-state index contributed by atoms with van der Waals surface area (Å²) < 4.78 is 5.27. The number of carbonyl (C=O) groups is 1. The molecule has 2 aromatic rings. The monoisotopic (exact) mass is 369 g/mol. The molecule has 0 aliphatic carbocycles. The fraction of sp³-hybridized carbons (Fsp3) is 0.455. The predicted molar refractivity (Wildman–Crippen MR) is 109 cm³/mol. The third-order valence-corrected chi connectivity index (χ3v) is 5.18. The summed E-state index contributed by atoms with van der Waals surface area (Å²) in [6.45, 7) is 9.40. The average molecular weight is 370 g/mol. The molecule has 1 aromatic heterocycles. The zero-order chi connectivity index (χ0) is 20.0. The molecule has 1 atom stereocenters. The van der Waals surface area contributed by atoms with E-state index in [4.69, 9.17) is 10.5 Å². The van der Waals surface area contributed by atoms with Crippen LogP contribution in [0.1, 0.15) is 45.4 Å². The molecular weight excluding hydrogens is 338 g/mol. The lowest BCUT2D eigenvalue weighted by Crippen LogP contribution is -2.47. The highest BCUT2D eigenvalue weighted by Gasteiger charge is 2.42. The molecule has 5 nitrogen and oxygen atoms in total. The first-order valence-corrected chi connectivity index (χ1v) is 9.44. The quantitative estimate of drug-likeness (QED) is 0.736. The van der Waals surface area contributed by atoms with Crippen LogP contribution in [-0.4, -0.2) is 41.5 Å². The Bertz CT molecular complexity index is 721. The van der Waals surface area contributed by atoms with Gasteiger partial charge in [0.25, 0.3) is 0 Å². The number of aromatic nitrogens is 1. The number of pyridine rings is 1. The van der Waals surface area contributed by atoms with Crippen LogP contribution in [0.25, 0.3) is 0 Å². The molecule has 1 aromatic carbocycles. The minimum atomic E-state index is -0.991. The van der Waals surface area contributed by atoms with Gasteiger partial charge >= 0.3 is 0 Å². The lowest BCUT2D eigenvalue weighted by atomic mass is 9.73. The first-order valence-electron chi connectivity index (χ1n) is 9.44. The van der Waals surface area contributed by atoms with E-state index in [1.165, 1.54) is 0 Å². The van der Waals surface area contributed by atoms with Crippen molar-refractivity contribution in [2.24, 2.45) is 5.73 Å². The lowest BCUT2D eigenvalue weighted by molar-refractivity contribution is -0.122. The van der Waals surface area contributed by atoms with Gasteiger partial charge in [0.2, 0.25) is 5.91 Å². The summed E-state index contributed by atoms with van der Waals surface area (Å²) >= 11 is 0. The summed E-state index contributed by atoms with van der Waals surface area (Å²) in [5.74, 6) is 0.350. The van der Waals surface area contributed by atoms with E-state index in [1.54, 1.807) is 13.3 Å². The van der Waals surface area contributed by atoms with E-state index in [0.29, 0.717) is 24.2 Å². The standard InChI is InChI=1S/C22H31N3O2/c1-16(2)25(17(3)4)15-13-22(21(23)26,20-8-6-7-14-24-20)18-9-11-19(27-5)12-10-18/h6-12,14,16-17H,13,15H2,1-5H3,(H2,23,26). The molecule has 0 saturated carbocycles. The normalized spacial score (nSPS) is 13.8. The van der Waals surface area contributed by atoms with Crippen LogP contribution in [0.5, 0.6) is 5.75 Å². The highest BCUT2D eigenvalue weighted by atomic mass is 16.5. The van der Waals surface area contributed by atoms with Crippen LogP contribution in [0.4, 0.5) is 0 Å². The summed E-state index contributed by atoms with van der Waals surface area (Å²) in [6, 6.07) is 13.9. The van der Waals surface area contributed by atoms with Crippen molar-refractivity contribution in [3.05, 3.63) is 59.9 Å². The van der Waals surface area contributed by atoms with E-state index in [1.807, 2.05) is 42.5 Å². The Kier molecular flexibility index (Phi) is 6.97. The Hall–Kier alpha value is -2.40. The van der Waals surface area contributed by atoms with Crippen molar-refractivity contribution in [2.75, 3.05) is 13.7 Å². The van der Waals surface area contributed by atoms with Crippen LogP contribution in [0.15, 0.2) is 48.7 Å². The van der Waals surface area contributed by atoms with Crippen LogP contribution in [0.2, 0.25) is 0 Å². The van der Waals surface area contributed by atoms with Crippen molar-refractivity contribution in [1.29, 1.82) is 0 Å². The van der Waals surface area contributed by atoms with Crippen LogP contribution < -0.4 is 10.5 Å². The van der Waals surface area contributed by atoms with Crippen molar-refractivity contribution < 1.29 is 9.53 Å². The number of amides is 1. The van der Waals surface area contributed by atoms with Gasteiger partial charge in [-0.3, -0.25) is 14.7 Å². The molecule has 0 saturated heterocycles. The summed E-state index contributed by atoms with van der Waals surface area (Å²) in [5, 5.41) is 0. The molecule has 27 heavy (non-hydrogen) atoms. The Morgan fingerprint density at radius 1 is 1.11 bits per heavy atom. The Balaban J connectivity index is 2.53. The Morgan fingerprint density at radius 2 is 1.74 bits per heavy atom. The van der Waals surface area contributed by atoms with Crippen LogP contribution in [0, 0.1) is 0 Å². The second kappa shape index (κ2) is 9.00. The third-order valence-electron chi connectivity index (χ3n) is 5.18. The van der Waals surface area contributed by atoms with Crippen LogP contribution >= 0.6 is 0 Å². The molecule has 2 N–H and O–H groups in total. The number of hydrogen-bond acceptors (Lipinski definition) is 4. The van der Waals surface area contributed by atoms with Gasteiger partial charge in [0.05, 0.1) is 12.8 Å². The van der Waals surface area contributed by atoms with Crippen molar-refractivity contribution in [3.8, 4) is 5.75 Å². The maximum atomic E-state index is 12.9. The molecule has 2 rings (SSSR count). The van der Waals surface area contributed by atoms with Gasteiger partial charge in [-0.25, -0.2) is 0 Å². The van der Waals surface area contributed by atoms with Crippen molar-refractivity contribution in [1.82, 2.24) is 9.88 Å². The molecule has 0 spiro atoms. The number of nitrogens with two attached hydrogens (primary N) is 1. The zero-order valence-corrected chi connectivity index (χ0v) is 17.0. The van der Waals surface area contributed by atoms with Crippen LogP contribution in [0.3, 0.4) is 0 Å². The Morgan fingerprint density at radius 3 is 2.19 bits per heavy atom. The van der Waals surface area contributed by atoms with E-state index in [2.05, 4.69) is 37.6 Å². The van der Waals surface area contributed by atoms with Gasteiger partial charge in [0.1, 0.15) is 11.2 Å². The Labute approximate surface area is 162 Å². The smallest absolute Gasteiger partial charge is 0.234 e. The molecule has 0 aliphatic rings. The highest BCUT2D eigenvalue weighted by Crippen LogP contribution is 2.36. The molecule has 1 amide bonds. The summed E-state index contributed by atoms with van der Waals surface area (Å²) in [6.07, 6.45) is 2.27. The van der Waals surface area contributed by atoms with Gasteiger partial charge in [-0.05, 0) is 63.9 Å². The van der Waals surface area contributed by atoms with Crippen molar-refractivity contribution in [3.63, 3.8) is 0 Å². The number of nitrogens with zero attached hydrogens (tertiary/aromatic N) is 2. The summed E-state index contributed by atoms with van der Waals surface area (Å²) in [4.78, 5) is 19.7. The van der Waals surface area contributed by atoms with E-state index in [-0.39, 0.29) is 5.91 Å². The first-order chi connectivity index (χ1) is 12.8. The van der Waals surface area contributed by atoms with E-state index in [0.717, 1.165) is 17.9 Å². The van der Waals surface area contributed by atoms with Crippen molar-refractivity contribution in [2.45, 2.75) is 51.6 Å². The second-order valence-corrected chi connectivity index (χ2v) is 7.39. The number of primary amides is 1. The SMILES string of the molecule is COc1ccc(C(CCN(C(C)C)C(C)C)(C(N)=O)c2ccccn2)cc1. The van der Waals surface area contributed by atoms with E-state index in [9.17, 15) is 4.79 Å². The first kappa shape index (κ1) is 20.9. The number of carbonyl (C=O) groups excluding carboxylic acids is 1. The predicted octanol–water partition coefficient (Wildman–Crippen LogP) is 3.37. The molecule has 0 bridgehead atoms. The molecule has 5 heteroatoms. The minimum Gasteiger partial charge on any atom is -0.497 e. The summed E-state index contributed by atoms with van der Waals surface area (Å²) in [7, 11) is 1.62. The number of methoxy groups -OCH3 is 1. The van der Waals surface area contributed by atoms with Gasteiger partial charge in [0.15, 0.2) is 0 Å². The van der Waals surface area contributed by atoms with Crippen molar-refractivity contribution >= 4 is 5.91 Å². The van der Waals surface area contributed by atoms with Gasteiger partial charge < -0.3 is 10.5 Å². The lowest BCUT2D eigenvalue weighted by Gasteiger charge is -2.36. The van der Waals surface area contributed by atoms with E-state index < -0.39 is 5.41 Å². The molecule has 0 fully saturated rings. The van der Waals surface area contributed by atoms with Gasteiger partial charge in [0, 0.05) is 24.8 Å². The summed E-state index contributed by atoms with van der Waals surface area (Å²) in [5.41, 5.74) is 6.54. The third kappa shape index (κ3) is 4.48. The highest BCUT2D eigenvalue weighted by molar-refractivity contribution is 5.90. The largest absolute Gasteiger partial charge is 0.497 e. The molecule has 1 heterocycles. The number of rotatable bonds is 9. The fourth-order valence-electron chi connectivity index (χ4n) is 3.71. The van der Waals surface area contributed by atoms with E-state index >= 15 is 0 Å².